The highest BCUT2D eigenvalue weighted by Crippen LogP contribution is 2.38. The first-order valence-electron chi connectivity index (χ1n) is 6.23. The molecule has 17 heavy (non-hydrogen) atoms. The molecule has 1 heterocycles. The lowest BCUT2D eigenvalue weighted by Gasteiger charge is -2.27. The molecule has 96 valence electrons. The van der Waals surface area contributed by atoms with Gasteiger partial charge < -0.3 is 5.32 Å². The van der Waals surface area contributed by atoms with Gasteiger partial charge in [-0.15, -0.1) is 11.3 Å². The average Bonchev–Trinajstić information content (AvgIpc) is 2.68. The second-order valence-electron chi connectivity index (χ2n) is 4.72. The highest BCUT2D eigenvalue weighted by molar-refractivity contribution is 9.11. The molecular weight excluding hydrogens is 314 g/mol. The maximum atomic E-state index is 3.80. The third kappa shape index (κ3) is 3.72. The Morgan fingerprint density at radius 2 is 2.47 bits per heavy atom. The van der Waals surface area contributed by atoms with E-state index < -0.39 is 0 Å². The minimum Gasteiger partial charge on any atom is -0.307 e. The number of aryl methyl sites for hydroxylation is 1. The Morgan fingerprint density at radius 3 is 3.24 bits per heavy atom. The summed E-state index contributed by atoms with van der Waals surface area (Å²) in [5.74, 6) is 1.25. The van der Waals surface area contributed by atoms with Crippen LogP contribution in [0.3, 0.4) is 0 Å². The van der Waals surface area contributed by atoms with E-state index >= 15 is 0 Å². The number of thiophene rings is 1. The Kier molecular flexibility index (Phi) is 5.40. The lowest BCUT2D eigenvalue weighted by atomic mass is 9.93. The standard InChI is InChI=1S/C13H20BrNS2/c1-9(6-7-16-2)15-11-4-3-5-12-10(11)8-13(14)17-12/h8-9,11,15H,3-7H2,1-2H3. The van der Waals surface area contributed by atoms with Gasteiger partial charge in [-0.05, 0) is 72.2 Å². The maximum absolute atomic E-state index is 3.80. The van der Waals surface area contributed by atoms with Gasteiger partial charge in [0.2, 0.25) is 0 Å². The summed E-state index contributed by atoms with van der Waals surface area (Å²) < 4.78 is 1.29. The Bertz CT molecular complexity index is 364. The SMILES string of the molecule is CSCCC(C)NC1CCCc2sc(Br)cc21. The number of thioether (sulfide) groups is 1. The smallest absolute Gasteiger partial charge is 0.0704 e. The molecule has 0 radical (unpaired) electrons. The van der Waals surface area contributed by atoms with Crippen molar-refractivity contribution >= 4 is 39.0 Å². The van der Waals surface area contributed by atoms with Crippen LogP contribution in [0.5, 0.6) is 0 Å². The molecule has 1 aliphatic rings. The van der Waals surface area contributed by atoms with Gasteiger partial charge in [-0.3, -0.25) is 0 Å². The molecule has 1 N–H and O–H groups in total. The first-order valence-corrected chi connectivity index (χ1v) is 9.24. The van der Waals surface area contributed by atoms with Gasteiger partial charge in [0.25, 0.3) is 0 Å². The monoisotopic (exact) mass is 333 g/mol. The quantitative estimate of drug-likeness (QED) is 0.843. The molecule has 1 aliphatic carbocycles. The third-order valence-electron chi connectivity index (χ3n) is 3.32. The van der Waals surface area contributed by atoms with E-state index in [1.807, 2.05) is 23.1 Å². The van der Waals surface area contributed by atoms with E-state index in [9.17, 15) is 0 Å². The molecule has 0 fully saturated rings. The van der Waals surface area contributed by atoms with E-state index in [4.69, 9.17) is 0 Å². The minimum atomic E-state index is 0.582. The van der Waals surface area contributed by atoms with E-state index in [0.717, 1.165) is 0 Å². The Hall–Kier alpha value is 0.490. The second kappa shape index (κ2) is 6.60. The molecule has 0 aliphatic heterocycles. The fourth-order valence-corrected chi connectivity index (χ4v) is 4.82. The molecule has 1 nitrogen and oxygen atoms in total. The number of rotatable bonds is 5. The van der Waals surface area contributed by atoms with Crippen LogP contribution >= 0.6 is 39.0 Å². The number of hydrogen-bond acceptors (Lipinski definition) is 3. The molecular formula is C13H20BrNS2. The number of fused-ring (bicyclic) bond motifs is 1. The summed E-state index contributed by atoms with van der Waals surface area (Å²) in [7, 11) is 0. The highest BCUT2D eigenvalue weighted by atomic mass is 79.9. The van der Waals surface area contributed by atoms with Crippen LogP contribution in [0.2, 0.25) is 0 Å². The molecule has 2 atom stereocenters. The molecule has 4 heteroatoms. The summed E-state index contributed by atoms with van der Waals surface area (Å²) >= 11 is 7.46. The van der Waals surface area contributed by atoms with Crippen LogP contribution in [0.15, 0.2) is 9.85 Å². The zero-order valence-electron chi connectivity index (χ0n) is 10.5. The average molecular weight is 334 g/mol. The molecule has 0 aromatic carbocycles. The zero-order valence-corrected chi connectivity index (χ0v) is 13.7. The van der Waals surface area contributed by atoms with E-state index in [1.54, 1.807) is 10.4 Å². The van der Waals surface area contributed by atoms with Gasteiger partial charge in [0.15, 0.2) is 0 Å². The van der Waals surface area contributed by atoms with Crippen molar-refractivity contribution in [1.82, 2.24) is 5.32 Å². The van der Waals surface area contributed by atoms with Crippen molar-refractivity contribution in [3.63, 3.8) is 0 Å². The molecule has 0 bridgehead atoms. The van der Waals surface area contributed by atoms with E-state index in [1.165, 1.54) is 35.2 Å². The summed E-state index contributed by atoms with van der Waals surface area (Å²) in [6.07, 6.45) is 7.33. The van der Waals surface area contributed by atoms with Gasteiger partial charge in [0, 0.05) is 17.0 Å². The molecule has 0 amide bonds. The van der Waals surface area contributed by atoms with Crippen LogP contribution in [-0.4, -0.2) is 18.1 Å². The first-order chi connectivity index (χ1) is 8.20. The normalized spacial score (nSPS) is 21.2. The summed E-state index contributed by atoms with van der Waals surface area (Å²) in [4.78, 5) is 1.58. The Balaban J connectivity index is 1.98. The van der Waals surface area contributed by atoms with Crippen LogP contribution in [0.25, 0.3) is 0 Å². The van der Waals surface area contributed by atoms with E-state index in [-0.39, 0.29) is 0 Å². The molecule has 0 saturated carbocycles. The van der Waals surface area contributed by atoms with Gasteiger partial charge in [0.05, 0.1) is 3.79 Å². The van der Waals surface area contributed by atoms with Crippen LogP contribution in [0, 0.1) is 0 Å². The van der Waals surface area contributed by atoms with Gasteiger partial charge in [-0.1, -0.05) is 0 Å². The van der Waals surface area contributed by atoms with Crippen molar-refractivity contribution in [2.75, 3.05) is 12.0 Å². The number of nitrogens with one attached hydrogen (secondary N) is 1. The lowest BCUT2D eigenvalue weighted by Crippen LogP contribution is -2.32. The fraction of sp³-hybridized carbons (Fsp3) is 0.692. The van der Waals surface area contributed by atoms with Crippen LogP contribution in [-0.2, 0) is 6.42 Å². The Morgan fingerprint density at radius 1 is 1.65 bits per heavy atom. The van der Waals surface area contributed by atoms with Gasteiger partial charge in [-0.2, -0.15) is 11.8 Å². The molecule has 0 saturated heterocycles. The van der Waals surface area contributed by atoms with Gasteiger partial charge >= 0.3 is 0 Å². The predicted octanol–water partition coefficient (Wildman–Crippen LogP) is 4.62. The molecule has 2 rings (SSSR count). The largest absolute Gasteiger partial charge is 0.307 e. The molecule has 1 aromatic rings. The Labute approximate surface area is 121 Å². The predicted molar refractivity (Wildman–Crippen MR) is 83.3 cm³/mol. The second-order valence-corrected chi connectivity index (χ2v) is 8.22. The van der Waals surface area contributed by atoms with Gasteiger partial charge in [0.1, 0.15) is 0 Å². The zero-order chi connectivity index (χ0) is 12.3. The maximum Gasteiger partial charge on any atom is 0.0704 e. The summed E-state index contributed by atoms with van der Waals surface area (Å²) in [6.45, 7) is 2.31. The first kappa shape index (κ1) is 13.9. The fourth-order valence-electron chi connectivity index (χ4n) is 2.42. The number of hydrogen-bond donors (Lipinski definition) is 1. The van der Waals surface area contributed by atoms with Crippen molar-refractivity contribution in [3.05, 3.63) is 20.3 Å². The van der Waals surface area contributed by atoms with Crippen molar-refractivity contribution < 1.29 is 0 Å². The van der Waals surface area contributed by atoms with Crippen molar-refractivity contribution in [2.24, 2.45) is 0 Å². The van der Waals surface area contributed by atoms with Crippen molar-refractivity contribution in [3.8, 4) is 0 Å². The summed E-state index contributed by atoms with van der Waals surface area (Å²) in [5.41, 5.74) is 1.55. The topological polar surface area (TPSA) is 12.0 Å². The number of halogens is 1. The molecule has 1 aromatic heterocycles. The van der Waals surface area contributed by atoms with Crippen LogP contribution in [0.4, 0.5) is 0 Å². The summed E-state index contributed by atoms with van der Waals surface area (Å²) in [5, 5.41) is 3.80. The molecule has 2 unspecified atom stereocenters. The highest BCUT2D eigenvalue weighted by Gasteiger charge is 2.23. The third-order valence-corrected chi connectivity index (χ3v) is 5.68. The lowest BCUT2D eigenvalue weighted by molar-refractivity contribution is 0.406. The van der Waals surface area contributed by atoms with E-state index in [2.05, 4.69) is 40.5 Å². The van der Waals surface area contributed by atoms with E-state index in [0.29, 0.717) is 12.1 Å². The van der Waals surface area contributed by atoms with Crippen molar-refractivity contribution in [2.45, 2.75) is 44.7 Å². The van der Waals surface area contributed by atoms with Crippen molar-refractivity contribution in [1.29, 1.82) is 0 Å². The van der Waals surface area contributed by atoms with Crippen LogP contribution < -0.4 is 5.32 Å². The molecule has 0 spiro atoms. The minimum absolute atomic E-state index is 0.582. The van der Waals surface area contributed by atoms with Crippen LogP contribution in [0.1, 0.15) is 42.7 Å². The van der Waals surface area contributed by atoms with Gasteiger partial charge in [-0.25, -0.2) is 0 Å². The summed E-state index contributed by atoms with van der Waals surface area (Å²) in [6, 6.07) is 3.52.